The Labute approximate surface area is 134 Å². The molecule has 0 saturated carbocycles. The maximum absolute atomic E-state index is 10.7. The van der Waals surface area contributed by atoms with E-state index in [9.17, 15) is 10.1 Å². The highest BCUT2D eigenvalue weighted by Crippen LogP contribution is 2.36. The predicted octanol–water partition coefficient (Wildman–Crippen LogP) is 5.28. The number of nitro benzene ring substituents is 1. The number of anilines is 1. The molecule has 0 aromatic heterocycles. The number of hydrogen-bond donors (Lipinski definition) is 1. The smallest absolute Gasteiger partial charge is 0.269 e. The molecule has 1 N–H and O–H groups in total. The molecule has 0 spiro atoms. The number of nitrogens with one attached hydrogen (secondary N) is 1. The molecule has 20 heavy (non-hydrogen) atoms. The number of halogens is 3. The summed E-state index contributed by atoms with van der Waals surface area (Å²) >= 11 is 15.4. The minimum Gasteiger partial charge on any atom is -0.380 e. The molecule has 0 atom stereocenters. The van der Waals surface area contributed by atoms with Gasteiger partial charge < -0.3 is 5.32 Å². The highest BCUT2D eigenvalue weighted by molar-refractivity contribution is 9.10. The second kappa shape index (κ2) is 6.43. The zero-order valence-corrected chi connectivity index (χ0v) is 13.2. The van der Waals surface area contributed by atoms with Gasteiger partial charge in [-0.05, 0) is 33.6 Å². The lowest BCUT2D eigenvalue weighted by Crippen LogP contribution is -2.01. The van der Waals surface area contributed by atoms with Gasteiger partial charge in [-0.3, -0.25) is 10.1 Å². The van der Waals surface area contributed by atoms with Crippen LogP contribution in [0.15, 0.2) is 40.9 Å². The Bertz CT molecular complexity index is 665. The van der Waals surface area contributed by atoms with E-state index in [1.165, 1.54) is 12.1 Å². The zero-order valence-electron chi connectivity index (χ0n) is 10.1. The number of hydrogen-bond acceptors (Lipinski definition) is 3. The first-order valence-corrected chi connectivity index (χ1v) is 7.14. The molecule has 0 aliphatic rings. The Morgan fingerprint density at radius 2 is 1.95 bits per heavy atom. The van der Waals surface area contributed by atoms with E-state index in [0.29, 0.717) is 26.8 Å². The van der Waals surface area contributed by atoms with Gasteiger partial charge in [0, 0.05) is 23.2 Å². The van der Waals surface area contributed by atoms with Gasteiger partial charge in [0.15, 0.2) is 0 Å². The summed E-state index contributed by atoms with van der Waals surface area (Å²) in [7, 11) is 0. The van der Waals surface area contributed by atoms with Crippen molar-refractivity contribution in [1.29, 1.82) is 0 Å². The molecule has 0 saturated heterocycles. The molecule has 0 aliphatic heterocycles. The summed E-state index contributed by atoms with van der Waals surface area (Å²) in [5.41, 5.74) is 1.52. The summed E-state index contributed by atoms with van der Waals surface area (Å²) < 4.78 is 0.713. The van der Waals surface area contributed by atoms with E-state index in [-0.39, 0.29) is 5.69 Å². The molecule has 0 radical (unpaired) electrons. The number of rotatable bonds is 4. The average Bonchev–Trinajstić information content (AvgIpc) is 2.44. The third kappa shape index (κ3) is 3.42. The van der Waals surface area contributed by atoms with Crippen LogP contribution in [-0.2, 0) is 6.54 Å². The zero-order chi connectivity index (χ0) is 14.7. The maximum Gasteiger partial charge on any atom is 0.269 e. The summed E-state index contributed by atoms with van der Waals surface area (Å²) in [6.45, 7) is 0.416. The molecule has 0 unspecified atom stereocenters. The van der Waals surface area contributed by atoms with Crippen LogP contribution in [0.5, 0.6) is 0 Å². The van der Waals surface area contributed by atoms with E-state index >= 15 is 0 Å². The third-order valence-electron chi connectivity index (χ3n) is 2.64. The molecule has 104 valence electrons. The molecule has 4 nitrogen and oxygen atoms in total. The van der Waals surface area contributed by atoms with Gasteiger partial charge in [-0.25, -0.2) is 0 Å². The minimum atomic E-state index is -0.424. The van der Waals surface area contributed by atoms with Crippen molar-refractivity contribution in [1.82, 2.24) is 0 Å². The van der Waals surface area contributed by atoms with Crippen LogP contribution in [0.3, 0.4) is 0 Å². The van der Waals surface area contributed by atoms with Crippen LogP contribution in [0.2, 0.25) is 10.0 Å². The molecule has 0 aliphatic carbocycles. The van der Waals surface area contributed by atoms with Gasteiger partial charge >= 0.3 is 0 Å². The van der Waals surface area contributed by atoms with Crippen molar-refractivity contribution in [2.45, 2.75) is 6.54 Å². The number of non-ortho nitro benzene ring substituents is 1. The fourth-order valence-corrected chi connectivity index (χ4v) is 2.48. The summed E-state index contributed by atoms with van der Waals surface area (Å²) in [4.78, 5) is 10.3. The number of benzene rings is 2. The summed E-state index contributed by atoms with van der Waals surface area (Å²) in [5, 5.41) is 14.6. The third-order valence-corrected chi connectivity index (χ3v) is 4.41. The van der Waals surface area contributed by atoms with Gasteiger partial charge in [-0.15, -0.1) is 0 Å². The summed E-state index contributed by atoms with van der Waals surface area (Å²) in [5.74, 6) is 0. The molecular formula is C13H9BrCl2N2O2. The van der Waals surface area contributed by atoms with E-state index in [0.717, 1.165) is 5.56 Å². The van der Waals surface area contributed by atoms with Crippen molar-refractivity contribution in [3.05, 3.63) is 66.6 Å². The van der Waals surface area contributed by atoms with E-state index in [1.54, 1.807) is 24.3 Å². The molecule has 7 heteroatoms. The first-order valence-electron chi connectivity index (χ1n) is 5.59. The monoisotopic (exact) mass is 374 g/mol. The maximum atomic E-state index is 10.7. The fourth-order valence-electron chi connectivity index (χ4n) is 1.64. The van der Waals surface area contributed by atoms with E-state index in [4.69, 9.17) is 23.2 Å². The largest absolute Gasteiger partial charge is 0.380 e. The molecular weight excluding hydrogens is 367 g/mol. The van der Waals surface area contributed by atoms with Crippen molar-refractivity contribution in [3.63, 3.8) is 0 Å². The fraction of sp³-hybridized carbons (Fsp3) is 0.0769. The van der Waals surface area contributed by atoms with Crippen LogP contribution in [0, 0.1) is 10.1 Å². The minimum absolute atomic E-state index is 0.0595. The lowest BCUT2D eigenvalue weighted by atomic mass is 10.2. The van der Waals surface area contributed by atoms with Crippen molar-refractivity contribution in [2.24, 2.45) is 0 Å². The Morgan fingerprint density at radius 3 is 2.65 bits per heavy atom. The Balaban J connectivity index is 2.15. The van der Waals surface area contributed by atoms with Crippen molar-refractivity contribution >= 4 is 50.5 Å². The van der Waals surface area contributed by atoms with E-state index in [1.807, 2.05) is 0 Å². The Kier molecular flexibility index (Phi) is 4.86. The van der Waals surface area contributed by atoms with Crippen molar-refractivity contribution in [3.8, 4) is 0 Å². The Morgan fingerprint density at radius 1 is 1.20 bits per heavy atom. The van der Waals surface area contributed by atoms with Crippen LogP contribution >= 0.6 is 39.1 Å². The van der Waals surface area contributed by atoms with Crippen LogP contribution < -0.4 is 5.32 Å². The van der Waals surface area contributed by atoms with Crippen LogP contribution in [0.25, 0.3) is 0 Å². The summed E-state index contributed by atoms with van der Waals surface area (Å²) in [6.07, 6.45) is 0. The van der Waals surface area contributed by atoms with Gasteiger partial charge in [0.1, 0.15) is 0 Å². The predicted molar refractivity (Wildman–Crippen MR) is 84.6 cm³/mol. The first-order chi connectivity index (χ1) is 9.49. The molecule has 2 rings (SSSR count). The summed E-state index contributed by atoms with van der Waals surface area (Å²) in [6, 6.07) is 9.98. The van der Waals surface area contributed by atoms with E-state index in [2.05, 4.69) is 21.2 Å². The molecule has 2 aromatic carbocycles. The standard InChI is InChI=1S/C13H9BrCl2N2O2/c14-10-4-5-11(13(16)12(10)15)17-7-8-2-1-3-9(6-8)18(19)20/h1-6,17H,7H2. The lowest BCUT2D eigenvalue weighted by molar-refractivity contribution is -0.384. The molecule has 0 fully saturated rings. The first kappa shape index (κ1) is 15.1. The van der Waals surface area contributed by atoms with Gasteiger partial charge in [0.2, 0.25) is 0 Å². The molecule has 2 aromatic rings. The van der Waals surface area contributed by atoms with E-state index < -0.39 is 4.92 Å². The van der Waals surface area contributed by atoms with Crippen LogP contribution in [-0.4, -0.2) is 4.92 Å². The van der Waals surface area contributed by atoms with Crippen molar-refractivity contribution < 1.29 is 4.92 Å². The van der Waals surface area contributed by atoms with Gasteiger partial charge in [0.05, 0.1) is 20.7 Å². The van der Waals surface area contributed by atoms with Gasteiger partial charge in [0.25, 0.3) is 5.69 Å². The van der Waals surface area contributed by atoms with Gasteiger partial charge in [-0.2, -0.15) is 0 Å². The molecule has 0 heterocycles. The Hall–Kier alpha value is -1.30. The van der Waals surface area contributed by atoms with Crippen LogP contribution in [0.4, 0.5) is 11.4 Å². The van der Waals surface area contributed by atoms with Gasteiger partial charge in [-0.1, -0.05) is 35.3 Å². The second-order valence-electron chi connectivity index (χ2n) is 4.00. The topological polar surface area (TPSA) is 55.2 Å². The second-order valence-corrected chi connectivity index (χ2v) is 5.61. The number of nitrogens with zero attached hydrogens (tertiary/aromatic N) is 1. The normalized spacial score (nSPS) is 10.3. The van der Waals surface area contributed by atoms with Crippen molar-refractivity contribution in [2.75, 3.05) is 5.32 Å². The average molecular weight is 376 g/mol. The lowest BCUT2D eigenvalue weighted by Gasteiger charge is -2.10. The molecule has 0 bridgehead atoms. The SMILES string of the molecule is O=[N+]([O-])c1cccc(CNc2ccc(Br)c(Cl)c2Cl)c1. The van der Waals surface area contributed by atoms with Crippen LogP contribution in [0.1, 0.15) is 5.56 Å². The highest BCUT2D eigenvalue weighted by Gasteiger charge is 2.09. The highest BCUT2D eigenvalue weighted by atomic mass is 79.9. The number of nitro groups is 1. The molecule has 0 amide bonds. The quantitative estimate of drug-likeness (QED) is 0.449.